The molecule has 2 N–H and O–H groups in total. The van der Waals surface area contributed by atoms with Crippen molar-refractivity contribution in [2.75, 3.05) is 45.0 Å². The van der Waals surface area contributed by atoms with Gasteiger partial charge in [-0.2, -0.15) is 0 Å². The number of anilines is 1. The third-order valence-corrected chi connectivity index (χ3v) is 6.13. The highest BCUT2D eigenvalue weighted by molar-refractivity contribution is 7.53. The molecule has 1 aromatic rings. The number of hydrogen-bond donors (Lipinski definition) is 1. The molecule has 1 aromatic carbocycles. The second-order valence-electron chi connectivity index (χ2n) is 5.76. The van der Waals surface area contributed by atoms with Crippen molar-refractivity contribution >= 4 is 25.1 Å². The zero-order valence-electron chi connectivity index (χ0n) is 14.6. The Hall–Kier alpha value is -1.73. The van der Waals surface area contributed by atoms with Gasteiger partial charge in [0.2, 0.25) is 5.91 Å². The van der Waals surface area contributed by atoms with E-state index < -0.39 is 19.4 Å². The van der Waals surface area contributed by atoms with Crippen LogP contribution in [0.1, 0.15) is 17.0 Å². The van der Waals surface area contributed by atoms with Gasteiger partial charge < -0.3 is 24.4 Å². The summed E-state index contributed by atoms with van der Waals surface area (Å²) < 4.78 is 27.3. The minimum Gasteiger partial charge on any atom is -0.370 e. The molecule has 138 valence electrons. The SMILES string of the molecule is COP(=O)(CC(C(N)=O)c1ccc(N2CCOCC2=O)c(C)c1)OC. The summed E-state index contributed by atoms with van der Waals surface area (Å²) in [5.74, 6) is -1.56. The van der Waals surface area contributed by atoms with Crippen molar-refractivity contribution < 1.29 is 27.9 Å². The minimum absolute atomic E-state index is 0.0515. The molecule has 0 radical (unpaired) electrons. The van der Waals surface area contributed by atoms with Gasteiger partial charge in [-0.3, -0.25) is 14.2 Å². The highest BCUT2D eigenvalue weighted by Crippen LogP contribution is 2.49. The summed E-state index contributed by atoms with van der Waals surface area (Å²) in [6.45, 7) is 2.84. The highest BCUT2D eigenvalue weighted by atomic mass is 31.2. The Kier molecular flexibility index (Phi) is 6.35. The van der Waals surface area contributed by atoms with Crippen LogP contribution in [0.15, 0.2) is 18.2 Å². The molecule has 1 saturated heterocycles. The minimum atomic E-state index is -3.40. The molecule has 1 atom stereocenters. The van der Waals surface area contributed by atoms with E-state index in [1.54, 1.807) is 23.1 Å². The zero-order chi connectivity index (χ0) is 18.6. The molecule has 0 aliphatic carbocycles. The average Bonchev–Trinajstić information content (AvgIpc) is 2.60. The van der Waals surface area contributed by atoms with Crippen molar-refractivity contribution in [1.82, 2.24) is 0 Å². The molecule has 0 bridgehead atoms. The van der Waals surface area contributed by atoms with E-state index >= 15 is 0 Å². The lowest BCUT2D eigenvalue weighted by molar-refractivity contribution is -0.125. The summed E-state index contributed by atoms with van der Waals surface area (Å²) >= 11 is 0. The van der Waals surface area contributed by atoms with Crippen LogP contribution in [0.25, 0.3) is 0 Å². The Morgan fingerprint density at radius 2 is 2.08 bits per heavy atom. The largest absolute Gasteiger partial charge is 0.370 e. The first-order valence-electron chi connectivity index (χ1n) is 7.80. The molecule has 0 aromatic heterocycles. The van der Waals surface area contributed by atoms with Crippen LogP contribution in [0.4, 0.5) is 5.69 Å². The number of carbonyl (C=O) groups excluding carboxylic acids is 2. The number of morpholine rings is 1. The van der Waals surface area contributed by atoms with Crippen LogP contribution in [0.2, 0.25) is 0 Å². The van der Waals surface area contributed by atoms with Gasteiger partial charge in [0.25, 0.3) is 5.91 Å². The van der Waals surface area contributed by atoms with Crippen molar-refractivity contribution in [3.05, 3.63) is 29.3 Å². The third-order valence-electron chi connectivity index (χ3n) is 4.21. The molecule has 1 aliphatic rings. The molecule has 2 amide bonds. The number of nitrogens with two attached hydrogens (primary N) is 1. The predicted octanol–water partition coefficient (Wildman–Crippen LogP) is 1.41. The van der Waals surface area contributed by atoms with Gasteiger partial charge in [-0.15, -0.1) is 0 Å². The number of rotatable bonds is 7. The maximum Gasteiger partial charge on any atom is 0.331 e. The smallest absolute Gasteiger partial charge is 0.331 e. The Balaban J connectivity index is 2.31. The van der Waals surface area contributed by atoms with Crippen molar-refractivity contribution in [2.24, 2.45) is 5.73 Å². The number of aryl methyl sites for hydroxylation is 1. The van der Waals surface area contributed by atoms with Crippen LogP contribution in [0, 0.1) is 6.92 Å². The van der Waals surface area contributed by atoms with Gasteiger partial charge in [-0.05, 0) is 24.1 Å². The van der Waals surface area contributed by atoms with Gasteiger partial charge in [0.15, 0.2) is 0 Å². The van der Waals surface area contributed by atoms with Crippen molar-refractivity contribution in [3.8, 4) is 0 Å². The number of amides is 2. The lowest BCUT2D eigenvalue weighted by atomic mass is 9.97. The Morgan fingerprint density at radius 3 is 2.60 bits per heavy atom. The molecule has 1 unspecified atom stereocenters. The van der Waals surface area contributed by atoms with Gasteiger partial charge in [0, 0.05) is 26.5 Å². The normalized spacial score (nSPS) is 16.8. The van der Waals surface area contributed by atoms with E-state index in [4.69, 9.17) is 19.5 Å². The van der Waals surface area contributed by atoms with Crippen molar-refractivity contribution in [3.63, 3.8) is 0 Å². The van der Waals surface area contributed by atoms with Gasteiger partial charge in [-0.1, -0.05) is 12.1 Å². The van der Waals surface area contributed by atoms with Crippen molar-refractivity contribution in [2.45, 2.75) is 12.8 Å². The first-order valence-corrected chi connectivity index (χ1v) is 9.52. The second kappa shape index (κ2) is 8.10. The van der Waals surface area contributed by atoms with Crippen LogP contribution in [0.3, 0.4) is 0 Å². The molecule has 8 nitrogen and oxygen atoms in total. The van der Waals surface area contributed by atoms with Gasteiger partial charge >= 0.3 is 7.60 Å². The van der Waals surface area contributed by atoms with E-state index in [2.05, 4.69) is 0 Å². The number of carbonyl (C=O) groups is 2. The molecule has 1 aliphatic heterocycles. The van der Waals surface area contributed by atoms with Gasteiger partial charge in [-0.25, -0.2) is 0 Å². The lowest BCUT2D eigenvalue weighted by Crippen LogP contribution is -2.42. The summed E-state index contributed by atoms with van der Waals surface area (Å²) in [5.41, 5.74) is 7.65. The van der Waals surface area contributed by atoms with Crippen LogP contribution in [-0.4, -0.2) is 52.0 Å². The topological polar surface area (TPSA) is 108 Å². The Labute approximate surface area is 146 Å². The molecular weight excluding hydrogens is 347 g/mol. The fourth-order valence-corrected chi connectivity index (χ4v) is 4.06. The predicted molar refractivity (Wildman–Crippen MR) is 92.8 cm³/mol. The number of hydrogen-bond acceptors (Lipinski definition) is 6. The van der Waals surface area contributed by atoms with E-state index in [9.17, 15) is 14.2 Å². The van der Waals surface area contributed by atoms with Crippen LogP contribution in [-0.2, 0) is 27.9 Å². The average molecular weight is 370 g/mol. The summed E-state index contributed by atoms with van der Waals surface area (Å²) in [5, 5.41) is 0. The number of primary amides is 1. The molecule has 0 spiro atoms. The van der Waals surface area contributed by atoms with E-state index in [1.165, 1.54) is 14.2 Å². The van der Waals surface area contributed by atoms with E-state index in [0.717, 1.165) is 11.3 Å². The van der Waals surface area contributed by atoms with E-state index in [0.29, 0.717) is 18.7 Å². The molecule has 1 fully saturated rings. The maximum absolute atomic E-state index is 12.4. The Bertz CT molecular complexity index is 700. The summed E-state index contributed by atoms with van der Waals surface area (Å²) in [7, 11) is -0.873. The van der Waals surface area contributed by atoms with Crippen LogP contribution >= 0.6 is 7.60 Å². The zero-order valence-corrected chi connectivity index (χ0v) is 15.5. The molecule has 2 rings (SSSR count). The fraction of sp³-hybridized carbons (Fsp3) is 0.500. The molecule has 1 heterocycles. The first-order chi connectivity index (χ1) is 11.8. The second-order valence-corrected chi connectivity index (χ2v) is 8.07. The number of benzene rings is 1. The molecule has 0 saturated carbocycles. The number of ether oxygens (including phenoxy) is 1. The monoisotopic (exact) mass is 370 g/mol. The van der Waals surface area contributed by atoms with E-state index in [-0.39, 0.29) is 18.7 Å². The Morgan fingerprint density at radius 1 is 1.40 bits per heavy atom. The molecular formula is C16H23N2O6P. The summed E-state index contributed by atoms with van der Waals surface area (Å²) in [6.07, 6.45) is -0.148. The summed E-state index contributed by atoms with van der Waals surface area (Å²) in [6, 6.07) is 5.23. The van der Waals surface area contributed by atoms with Crippen LogP contribution < -0.4 is 10.6 Å². The third kappa shape index (κ3) is 4.46. The van der Waals surface area contributed by atoms with E-state index in [1.807, 2.05) is 6.92 Å². The maximum atomic E-state index is 12.4. The molecule has 9 heteroatoms. The highest BCUT2D eigenvalue weighted by Gasteiger charge is 2.32. The first kappa shape index (κ1) is 19.6. The quantitative estimate of drug-likeness (QED) is 0.727. The summed E-state index contributed by atoms with van der Waals surface area (Å²) in [4.78, 5) is 25.5. The van der Waals surface area contributed by atoms with Crippen molar-refractivity contribution in [1.29, 1.82) is 0 Å². The van der Waals surface area contributed by atoms with Gasteiger partial charge in [0.1, 0.15) is 6.61 Å². The standard InChI is InChI=1S/C16H23N2O6P/c1-11-8-12(13(16(17)20)10-25(21,22-2)23-3)4-5-14(11)18-6-7-24-9-15(18)19/h4-5,8,13H,6-7,9-10H2,1-3H3,(H2,17,20). The molecule has 25 heavy (non-hydrogen) atoms. The number of nitrogens with zero attached hydrogens (tertiary/aromatic N) is 1. The van der Waals surface area contributed by atoms with Gasteiger partial charge in [0.05, 0.1) is 18.7 Å². The lowest BCUT2D eigenvalue weighted by Gasteiger charge is -2.29. The fourth-order valence-electron chi connectivity index (χ4n) is 2.78. The van der Waals surface area contributed by atoms with Crippen LogP contribution in [0.5, 0.6) is 0 Å².